The number of ether oxygens (including phenoxy) is 1. The summed E-state index contributed by atoms with van der Waals surface area (Å²) in [5.74, 6) is 0.435. The van der Waals surface area contributed by atoms with Crippen molar-refractivity contribution in [1.29, 1.82) is 0 Å². The Morgan fingerprint density at radius 2 is 2.00 bits per heavy atom. The molecule has 16 heavy (non-hydrogen) atoms. The molecule has 0 aromatic heterocycles. The van der Waals surface area contributed by atoms with E-state index in [1.54, 1.807) is 18.2 Å². The van der Waals surface area contributed by atoms with Gasteiger partial charge in [0.25, 0.3) is 0 Å². The lowest BCUT2D eigenvalue weighted by atomic mass is 9.86. The quantitative estimate of drug-likeness (QED) is 0.855. The van der Waals surface area contributed by atoms with Gasteiger partial charge in [0, 0.05) is 5.92 Å². The fourth-order valence-corrected chi connectivity index (χ4v) is 2.30. The summed E-state index contributed by atoms with van der Waals surface area (Å²) < 4.78 is 19.2. The Balaban J connectivity index is 2.05. The Bertz CT molecular complexity index is 342. The van der Waals surface area contributed by atoms with Gasteiger partial charge in [-0.3, -0.25) is 0 Å². The zero-order valence-corrected chi connectivity index (χ0v) is 9.36. The highest BCUT2D eigenvalue weighted by molar-refractivity contribution is 5.24. The van der Waals surface area contributed by atoms with Crippen LogP contribution in [0.5, 0.6) is 5.75 Å². The van der Waals surface area contributed by atoms with Gasteiger partial charge in [-0.15, -0.1) is 0 Å². The molecule has 0 heterocycles. The lowest BCUT2D eigenvalue weighted by Crippen LogP contribution is -2.35. The summed E-state index contributed by atoms with van der Waals surface area (Å²) in [6, 6.07) is 6.56. The molecule has 88 valence electrons. The molecule has 1 saturated carbocycles. The summed E-state index contributed by atoms with van der Waals surface area (Å²) in [4.78, 5) is 0. The number of halogens is 1. The Morgan fingerprint density at radius 1 is 1.25 bits per heavy atom. The van der Waals surface area contributed by atoms with E-state index in [2.05, 4.69) is 0 Å². The summed E-state index contributed by atoms with van der Waals surface area (Å²) >= 11 is 0. The van der Waals surface area contributed by atoms with Crippen molar-refractivity contribution in [3.05, 3.63) is 30.1 Å². The number of nitrogens with two attached hydrogens (primary N) is 1. The molecule has 0 aliphatic heterocycles. The summed E-state index contributed by atoms with van der Waals surface area (Å²) in [6.45, 7) is 0.624. The second-order valence-corrected chi connectivity index (χ2v) is 4.37. The Kier molecular flexibility index (Phi) is 3.78. The van der Waals surface area contributed by atoms with Crippen LogP contribution in [-0.2, 0) is 0 Å². The van der Waals surface area contributed by atoms with Gasteiger partial charge in [0.2, 0.25) is 0 Å². The van der Waals surface area contributed by atoms with E-state index in [0.717, 1.165) is 19.3 Å². The highest BCUT2D eigenvalue weighted by Crippen LogP contribution is 2.28. The minimum Gasteiger partial charge on any atom is -0.487 e. The van der Waals surface area contributed by atoms with Crippen LogP contribution in [0.25, 0.3) is 0 Å². The normalized spacial score (nSPS) is 25.4. The number of rotatable bonds is 3. The third kappa shape index (κ3) is 2.53. The van der Waals surface area contributed by atoms with Gasteiger partial charge in [0.1, 0.15) is 6.10 Å². The average Bonchev–Trinajstić information content (AvgIpc) is 2.33. The molecule has 0 saturated heterocycles. The van der Waals surface area contributed by atoms with Crippen LogP contribution in [0, 0.1) is 11.7 Å². The molecule has 2 rings (SSSR count). The van der Waals surface area contributed by atoms with Crippen molar-refractivity contribution in [2.45, 2.75) is 31.8 Å². The van der Waals surface area contributed by atoms with Crippen LogP contribution in [0.3, 0.4) is 0 Å². The third-order valence-corrected chi connectivity index (χ3v) is 3.26. The molecular formula is C13H18FNO. The van der Waals surface area contributed by atoms with E-state index in [9.17, 15) is 4.39 Å². The van der Waals surface area contributed by atoms with Crippen LogP contribution in [-0.4, -0.2) is 12.6 Å². The second kappa shape index (κ2) is 5.30. The van der Waals surface area contributed by atoms with Crippen LogP contribution in [0.15, 0.2) is 24.3 Å². The minimum atomic E-state index is -0.288. The van der Waals surface area contributed by atoms with Crippen LogP contribution in [0.2, 0.25) is 0 Å². The van der Waals surface area contributed by atoms with Crippen molar-refractivity contribution in [2.75, 3.05) is 6.54 Å². The summed E-state index contributed by atoms with van der Waals surface area (Å²) in [5.41, 5.74) is 5.71. The van der Waals surface area contributed by atoms with Crippen molar-refractivity contribution in [2.24, 2.45) is 11.7 Å². The fourth-order valence-electron chi connectivity index (χ4n) is 2.30. The molecule has 1 aromatic rings. The Hall–Kier alpha value is -1.09. The number of para-hydroxylation sites is 1. The predicted molar refractivity (Wildman–Crippen MR) is 61.8 cm³/mol. The molecule has 1 aromatic carbocycles. The molecule has 0 radical (unpaired) electrons. The Labute approximate surface area is 95.6 Å². The van der Waals surface area contributed by atoms with Gasteiger partial charge in [0.05, 0.1) is 0 Å². The van der Waals surface area contributed by atoms with Gasteiger partial charge in [-0.1, -0.05) is 18.6 Å². The van der Waals surface area contributed by atoms with E-state index in [4.69, 9.17) is 10.5 Å². The maximum Gasteiger partial charge on any atom is 0.165 e. The van der Waals surface area contributed by atoms with Crippen molar-refractivity contribution in [1.82, 2.24) is 0 Å². The number of benzene rings is 1. The summed E-state index contributed by atoms with van der Waals surface area (Å²) in [6.07, 6.45) is 4.51. The topological polar surface area (TPSA) is 35.2 Å². The van der Waals surface area contributed by atoms with E-state index in [1.807, 2.05) is 0 Å². The van der Waals surface area contributed by atoms with Crippen molar-refractivity contribution >= 4 is 0 Å². The molecule has 1 aliphatic carbocycles. The van der Waals surface area contributed by atoms with Gasteiger partial charge >= 0.3 is 0 Å². The van der Waals surface area contributed by atoms with Gasteiger partial charge in [0.15, 0.2) is 11.6 Å². The molecule has 1 aliphatic rings. The lowest BCUT2D eigenvalue weighted by molar-refractivity contribution is 0.0927. The molecule has 2 nitrogen and oxygen atoms in total. The van der Waals surface area contributed by atoms with E-state index in [-0.39, 0.29) is 11.9 Å². The fraction of sp³-hybridized carbons (Fsp3) is 0.538. The van der Waals surface area contributed by atoms with E-state index < -0.39 is 0 Å². The first kappa shape index (κ1) is 11.4. The van der Waals surface area contributed by atoms with Crippen LogP contribution < -0.4 is 10.5 Å². The lowest BCUT2D eigenvalue weighted by Gasteiger charge is -2.31. The molecular weight excluding hydrogens is 205 g/mol. The molecule has 1 fully saturated rings. The predicted octanol–water partition coefficient (Wildman–Crippen LogP) is 2.72. The Morgan fingerprint density at radius 3 is 2.75 bits per heavy atom. The molecule has 3 heteroatoms. The standard InChI is InChI=1S/C13H18FNO/c14-11-6-2-4-8-13(11)16-12-7-3-1-5-10(12)9-15/h2,4,6,8,10,12H,1,3,5,7,9,15H2. The second-order valence-electron chi connectivity index (χ2n) is 4.37. The smallest absolute Gasteiger partial charge is 0.165 e. The first-order chi connectivity index (χ1) is 7.81. The molecule has 2 atom stereocenters. The maximum absolute atomic E-state index is 13.4. The zero-order valence-electron chi connectivity index (χ0n) is 9.36. The van der Waals surface area contributed by atoms with Gasteiger partial charge < -0.3 is 10.5 Å². The van der Waals surface area contributed by atoms with Crippen molar-refractivity contribution in [3.8, 4) is 5.75 Å². The third-order valence-electron chi connectivity index (χ3n) is 3.26. The molecule has 0 spiro atoms. The van der Waals surface area contributed by atoms with Gasteiger partial charge in [-0.2, -0.15) is 0 Å². The molecule has 0 bridgehead atoms. The van der Waals surface area contributed by atoms with E-state index >= 15 is 0 Å². The number of hydrogen-bond acceptors (Lipinski definition) is 2. The monoisotopic (exact) mass is 223 g/mol. The molecule has 2 N–H and O–H groups in total. The zero-order chi connectivity index (χ0) is 11.4. The summed E-state index contributed by atoms with van der Waals surface area (Å²) in [5, 5.41) is 0. The van der Waals surface area contributed by atoms with E-state index in [0.29, 0.717) is 18.2 Å². The maximum atomic E-state index is 13.4. The van der Waals surface area contributed by atoms with E-state index in [1.165, 1.54) is 12.5 Å². The first-order valence-electron chi connectivity index (χ1n) is 5.92. The van der Waals surface area contributed by atoms with Crippen molar-refractivity contribution in [3.63, 3.8) is 0 Å². The highest BCUT2D eigenvalue weighted by atomic mass is 19.1. The first-order valence-corrected chi connectivity index (χ1v) is 5.92. The average molecular weight is 223 g/mol. The molecule has 0 amide bonds. The largest absolute Gasteiger partial charge is 0.487 e. The SMILES string of the molecule is NCC1CCCCC1Oc1ccccc1F. The summed E-state index contributed by atoms with van der Waals surface area (Å²) in [7, 11) is 0. The van der Waals surface area contributed by atoms with Crippen LogP contribution in [0.1, 0.15) is 25.7 Å². The minimum absolute atomic E-state index is 0.0793. The van der Waals surface area contributed by atoms with Crippen molar-refractivity contribution < 1.29 is 9.13 Å². The van der Waals surface area contributed by atoms with Crippen LogP contribution >= 0.6 is 0 Å². The number of hydrogen-bond donors (Lipinski definition) is 1. The highest BCUT2D eigenvalue weighted by Gasteiger charge is 2.26. The van der Waals surface area contributed by atoms with Crippen LogP contribution in [0.4, 0.5) is 4.39 Å². The molecule has 2 unspecified atom stereocenters. The van der Waals surface area contributed by atoms with Gasteiger partial charge in [-0.05, 0) is 37.9 Å². The van der Waals surface area contributed by atoms with Gasteiger partial charge in [-0.25, -0.2) is 4.39 Å².